The van der Waals surface area contributed by atoms with Gasteiger partial charge in [-0.15, -0.1) is 0 Å². The third-order valence-electron chi connectivity index (χ3n) is 3.21. The minimum absolute atomic E-state index is 0.258. The molecule has 1 spiro atoms. The molecule has 1 saturated carbocycles. The van der Waals surface area contributed by atoms with Gasteiger partial charge < -0.3 is 0 Å². The summed E-state index contributed by atoms with van der Waals surface area (Å²) in [5.74, 6) is 1.43. The van der Waals surface area contributed by atoms with Gasteiger partial charge in [-0.3, -0.25) is 0 Å². The van der Waals surface area contributed by atoms with Crippen LogP contribution in [0.5, 0.6) is 0 Å². The predicted octanol–water partition coefficient (Wildman–Crippen LogP) is 1.22. The van der Waals surface area contributed by atoms with E-state index in [2.05, 4.69) is 6.92 Å². The maximum absolute atomic E-state index is 11.3. The van der Waals surface area contributed by atoms with Crippen LogP contribution in [-0.4, -0.2) is 19.9 Å². The van der Waals surface area contributed by atoms with Crippen molar-refractivity contribution >= 4 is 9.84 Å². The van der Waals surface area contributed by atoms with Crippen molar-refractivity contribution in [1.29, 1.82) is 0 Å². The fourth-order valence-corrected chi connectivity index (χ4v) is 5.08. The third-order valence-corrected chi connectivity index (χ3v) is 5.14. The van der Waals surface area contributed by atoms with E-state index in [1.54, 1.807) is 0 Å². The van der Waals surface area contributed by atoms with E-state index in [0.717, 1.165) is 19.3 Å². The van der Waals surface area contributed by atoms with Gasteiger partial charge in [0, 0.05) is 0 Å². The van der Waals surface area contributed by atoms with Gasteiger partial charge in [0.05, 0.1) is 11.5 Å². The first-order valence-corrected chi connectivity index (χ1v) is 6.10. The minimum Gasteiger partial charge on any atom is -0.229 e. The second-order valence-corrected chi connectivity index (χ2v) is 6.13. The highest BCUT2D eigenvalue weighted by Crippen LogP contribution is 2.58. The summed E-state index contributed by atoms with van der Waals surface area (Å²) >= 11 is 0. The molecule has 1 saturated heterocycles. The first-order valence-electron chi connectivity index (χ1n) is 4.28. The van der Waals surface area contributed by atoms with E-state index in [0.29, 0.717) is 17.4 Å². The molecule has 1 atom stereocenters. The molecule has 0 amide bonds. The van der Waals surface area contributed by atoms with Crippen molar-refractivity contribution in [2.24, 2.45) is 11.3 Å². The SMILES string of the molecule is CC[C@@H]1CS(=O)(=O)CC12CC2. The summed E-state index contributed by atoms with van der Waals surface area (Å²) in [5.41, 5.74) is 0.258. The van der Waals surface area contributed by atoms with E-state index in [9.17, 15) is 8.42 Å². The lowest BCUT2D eigenvalue weighted by Gasteiger charge is -2.12. The molecule has 64 valence electrons. The normalized spacial score (nSPS) is 37.7. The Morgan fingerprint density at radius 3 is 2.45 bits per heavy atom. The smallest absolute Gasteiger partial charge is 0.151 e. The molecule has 2 rings (SSSR count). The first kappa shape index (κ1) is 7.59. The number of hydrogen-bond donors (Lipinski definition) is 0. The second kappa shape index (κ2) is 2.00. The van der Waals surface area contributed by atoms with Gasteiger partial charge >= 0.3 is 0 Å². The van der Waals surface area contributed by atoms with E-state index in [1.807, 2.05) is 0 Å². The van der Waals surface area contributed by atoms with Crippen LogP contribution in [0.15, 0.2) is 0 Å². The fourth-order valence-electron chi connectivity index (χ4n) is 2.36. The highest BCUT2D eigenvalue weighted by molar-refractivity contribution is 7.91. The molecule has 2 fully saturated rings. The number of rotatable bonds is 1. The van der Waals surface area contributed by atoms with Gasteiger partial charge in [-0.2, -0.15) is 0 Å². The molecule has 0 radical (unpaired) electrons. The van der Waals surface area contributed by atoms with Crippen LogP contribution in [0.25, 0.3) is 0 Å². The Labute approximate surface area is 67.9 Å². The molecular formula is C8H14O2S. The average molecular weight is 174 g/mol. The molecule has 0 unspecified atom stereocenters. The molecule has 11 heavy (non-hydrogen) atoms. The molecule has 0 aromatic rings. The molecule has 2 nitrogen and oxygen atoms in total. The van der Waals surface area contributed by atoms with Gasteiger partial charge in [0.15, 0.2) is 9.84 Å². The minimum atomic E-state index is -2.65. The molecule has 2 aliphatic rings. The third kappa shape index (κ3) is 1.10. The van der Waals surface area contributed by atoms with Crippen LogP contribution < -0.4 is 0 Å². The van der Waals surface area contributed by atoms with Crippen molar-refractivity contribution in [3.8, 4) is 0 Å². The summed E-state index contributed by atoms with van der Waals surface area (Å²) in [4.78, 5) is 0. The molecule has 0 aromatic heterocycles. The van der Waals surface area contributed by atoms with Gasteiger partial charge in [-0.05, 0) is 24.2 Å². The molecule has 1 heterocycles. The molecular weight excluding hydrogens is 160 g/mol. The maximum Gasteiger partial charge on any atom is 0.151 e. The van der Waals surface area contributed by atoms with Crippen LogP contribution in [0, 0.1) is 11.3 Å². The van der Waals surface area contributed by atoms with E-state index < -0.39 is 9.84 Å². The van der Waals surface area contributed by atoms with E-state index in [4.69, 9.17) is 0 Å². The standard InChI is InChI=1S/C8H14O2S/c1-2-7-5-11(9,10)6-8(7)3-4-8/h7H,2-6H2,1H3/t7-/m1/s1. The zero-order valence-corrected chi connectivity index (χ0v) is 7.65. The monoisotopic (exact) mass is 174 g/mol. The van der Waals surface area contributed by atoms with Crippen molar-refractivity contribution in [3.63, 3.8) is 0 Å². The largest absolute Gasteiger partial charge is 0.229 e. The summed E-state index contributed by atoms with van der Waals surface area (Å²) in [5, 5.41) is 0. The van der Waals surface area contributed by atoms with Crippen molar-refractivity contribution in [1.82, 2.24) is 0 Å². The lowest BCUT2D eigenvalue weighted by Crippen LogP contribution is -2.11. The van der Waals surface area contributed by atoms with E-state index >= 15 is 0 Å². The molecule has 3 heteroatoms. The van der Waals surface area contributed by atoms with Crippen molar-refractivity contribution < 1.29 is 8.42 Å². The zero-order valence-electron chi connectivity index (χ0n) is 6.84. The van der Waals surface area contributed by atoms with E-state index in [1.165, 1.54) is 0 Å². The van der Waals surface area contributed by atoms with Crippen LogP contribution in [0.2, 0.25) is 0 Å². The van der Waals surface area contributed by atoms with Crippen molar-refractivity contribution in [2.75, 3.05) is 11.5 Å². The van der Waals surface area contributed by atoms with Gasteiger partial charge in [-0.1, -0.05) is 13.3 Å². The van der Waals surface area contributed by atoms with Crippen LogP contribution in [-0.2, 0) is 9.84 Å². The maximum atomic E-state index is 11.3. The Morgan fingerprint density at radius 2 is 2.09 bits per heavy atom. The van der Waals surface area contributed by atoms with E-state index in [-0.39, 0.29) is 5.41 Å². The van der Waals surface area contributed by atoms with Crippen LogP contribution in [0.3, 0.4) is 0 Å². The highest BCUT2D eigenvalue weighted by atomic mass is 32.2. The quantitative estimate of drug-likeness (QED) is 0.599. The van der Waals surface area contributed by atoms with Crippen LogP contribution >= 0.6 is 0 Å². The van der Waals surface area contributed by atoms with Gasteiger partial charge in [0.25, 0.3) is 0 Å². The molecule has 1 aliphatic carbocycles. The number of hydrogen-bond acceptors (Lipinski definition) is 2. The Balaban J connectivity index is 2.25. The van der Waals surface area contributed by atoms with Gasteiger partial charge in [0.2, 0.25) is 0 Å². The van der Waals surface area contributed by atoms with Crippen molar-refractivity contribution in [3.05, 3.63) is 0 Å². The molecule has 0 N–H and O–H groups in total. The average Bonchev–Trinajstić information content (AvgIpc) is 2.57. The topological polar surface area (TPSA) is 34.1 Å². The zero-order chi connectivity index (χ0) is 8.11. The lowest BCUT2D eigenvalue weighted by molar-refractivity contribution is 0.387. The summed E-state index contributed by atoms with van der Waals surface area (Å²) in [6, 6.07) is 0. The Bertz CT molecular complexity index is 262. The molecule has 0 aromatic carbocycles. The summed E-state index contributed by atoms with van der Waals surface area (Å²) in [6.07, 6.45) is 3.36. The predicted molar refractivity (Wildman–Crippen MR) is 44.1 cm³/mol. The lowest BCUT2D eigenvalue weighted by atomic mass is 9.91. The second-order valence-electron chi connectivity index (χ2n) is 4.02. The Hall–Kier alpha value is -0.0500. The Morgan fingerprint density at radius 1 is 1.45 bits per heavy atom. The van der Waals surface area contributed by atoms with Crippen LogP contribution in [0.1, 0.15) is 26.2 Å². The molecule has 0 bridgehead atoms. The molecule has 1 aliphatic heterocycles. The van der Waals surface area contributed by atoms with Crippen LogP contribution in [0.4, 0.5) is 0 Å². The summed E-state index contributed by atoms with van der Waals surface area (Å²) < 4.78 is 22.5. The Kier molecular flexibility index (Phi) is 1.38. The van der Waals surface area contributed by atoms with Crippen molar-refractivity contribution in [2.45, 2.75) is 26.2 Å². The first-order chi connectivity index (χ1) is 5.08. The fraction of sp³-hybridized carbons (Fsp3) is 1.00. The summed E-state index contributed by atoms with van der Waals surface area (Å²) in [7, 11) is -2.65. The summed E-state index contributed by atoms with van der Waals surface area (Å²) in [6.45, 7) is 2.10. The number of sulfone groups is 1. The van der Waals surface area contributed by atoms with Gasteiger partial charge in [0.1, 0.15) is 0 Å². The highest BCUT2D eigenvalue weighted by Gasteiger charge is 2.56. The van der Waals surface area contributed by atoms with Gasteiger partial charge in [-0.25, -0.2) is 8.42 Å².